The molecule has 0 saturated heterocycles. The summed E-state index contributed by atoms with van der Waals surface area (Å²) >= 11 is 5.83. The van der Waals surface area contributed by atoms with E-state index in [1.807, 2.05) is 13.0 Å². The summed E-state index contributed by atoms with van der Waals surface area (Å²) in [6.07, 6.45) is -0.469. The van der Waals surface area contributed by atoms with Gasteiger partial charge in [0, 0.05) is 17.8 Å². The third kappa shape index (κ3) is 3.22. The second-order valence-corrected chi connectivity index (χ2v) is 3.76. The van der Waals surface area contributed by atoms with Gasteiger partial charge in [0.25, 0.3) is 5.91 Å². The molecule has 1 aromatic rings. The van der Waals surface area contributed by atoms with E-state index in [-0.39, 0.29) is 5.91 Å². The minimum absolute atomic E-state index is 0.178. The Morgan fingerprint density at radius 1 is 1.53 bits per heavy atom. The molecule has 15 heavy (non-hydrogen) atoms. The molecule has 1 N–H and O–H groups in total. The lowest BCUT2D eigenvalue weighted by Gasteiger charge is -2.12. The van der Waals surface area contributed by atoms with E-state index >= 15 is 0 Å². The molecule has 0 aliphatic rings. The van der Waals surface area contributed by atoms with Crippen molar-refractivity contribution in [3.63, 3.8) is 0 Å². The Morgan fingerprint density at radius 2 is 2.20 bits per heavy atom. The molecule has 1 amide bonds. The van der Waals surface area contributed by atoms with Gasteiger partial charge in [-0.3, -0.25) is 4.79 Å². The maximum Gasteiger partial charge on any atom is 0.253 e. The van der Waals surface area contributed by atoms with E-state index in [1.54, 1.807) is 19.1 Å². The quantitative estimate of drug-likeness (QED) is 0.862. The van der Waals surface area contributed by atoms with Crippen LogP contribution in [0.5, 0.6) is 0 Å². The molecule has 1 rings (SSSR count). The van der Waals surface area contributed by atoms with Crippen molar-refractivity contribution in [1.82, 2.24) is 0 Å². The Labute approximate surface area is 94.4 Å². The summed E-state index contributed by atoms with van der Waals surface area (Å²) in [5.41, 5.74) is 1.69. The molecule has 0 spiro atoms. The van der Waals surface area contributed by atoms with E-state index in [1.165, 1.54) is 7.11 Å². The van der Waals surface area contributed by atoms with Crippen molar-refractivity contribution >= 4 is 23.2 Å². The van der Waals surface area contributed by atoms with Gasteiger partial charge >= 0.3 is 0 Å². The Balaban J connectivity index is 2.80. The van der Waals surface area contributed by atoms with Gasteiger partial charge in [0.05, 0.1) is 0 Å². The Hall–Kier alpha value is -1.06. The average Bonchev–Trinajstić information content (AvgIpc) is 2.22. The van der Waals surface area contributed by atoms with E-state index in [2.05, 4.69) is 5.32 Å². The molecule has 4 heteroatoms. The SMILES string of the molecule is COC(C)C(=O)Nc1cc(Cl)ccc1C. The molecule has 1 atom stereocenters. The number of benzene rings is 1. The zero-order valence-corrected chi connectivity index (χ0v) is 9.76. The number of anilines is 1. The molecular weight excluding hydrogens is 214 g/mol. The fraction of sp³-hybridized carbons (Fsp3) is 0.364. The fourth-order valence-electron chi connectivity index (χ4n) is 1.07. The maximum absolute atomic E-state index is 11.5. The van der Waals surface area contributed by atoms with Gasteiger partial charge in [0.15, 0.2) is 0 Å². The molecule has 3 nitrogen and oxygen atoms in total. The molecule has 0 aliphatic carbocycles. The first-order chi connectivity index (χ1) is 7.04. The summed E-state index contributed by atoms with van der Waals surface area (Å²) in [6, 6.07) is 5.36. The largest absolute Gasteiger partial charge is 0.372 e. The van der Waals surface area contributed by atoms with Crippen LogP contribution < -0.4 is 5.32 Å². The van der Waals surface area contributed by atoms with Crippen molar-refractivity contribution in [2.75, 3.05) is 12.4 Å². The Kier molecular flexibility index (Phi) is 4.12. The lowest BCUT2D eigenvalue weighted by atomic mass is 10.2. The zero-order chi connectivity index (χ0) is 11.4. The van der Waals surface area contributed by atoms with Gasteiger partial charge in [-0.25, -0.2) is 0 Å². The summed E-state index contributed by atoms with van der Waals surface area (Å²) in [5.74, 6) is -0.178. The van der Waals surface area contributed by atoms with Crippen molar-refractivity contribution in [2.45, 2.75) is 20.0 Å². The van der Waals surface area contributed by atoms with Crippen molar-refractivity contribution in [2.24, 2.45) is 0 Å². The summed E-state index contributed by atoms with van der Waals surface area (Å²) in [5, 5.41) is 3.35. The summed E-state index contributed by atoms with van der Waals surface area (Å²) in [6.45, 7) is 3.60. The molecule has 0 aromatic heterocycles. The highest BCUT2D eigenvalue weighted by Crippen LogP contribution is 2.20. The van der Waals surface area contributed by atoms with E-state index in [9.17, 15) is 4.79 Å². The number of methoxy groups -OCH3 is 1. The van der Waals surface area contributed by atoms with E-state index in [4.69, 9.17) is 16.3 Å². The number of hydrogen-bond acceptors (Lipinski definition) is 2. The third-order valence-corrected chi connectivity index (χ3v) is 2.42. The molecule has 0 radical (unpaired) electrons. The van der Waals surface area contributed by atoms with Crippen LogP contribution in [0.3, 0.4) is 0 Å². The predicted octanol–water partition coefficient (Wildman–Crippen LogP) is 2.62. The minimum Gasteiger partial charge on any atom is -0.372 e. The van der Waals surface area contributed by atoms with E-state index < -0.39 is 6.10 Å². The summed E-state index contributed by atoms with van der Waals surface area (Å²) in [7, 11) is 1.50. The Morgan fingerprint density at radius 3 is 2.80 bits per heavy atom. The molecule has 1 aromatic carbocycles. The van der Waals surface area contributed by atoms with Crippen LogP contribution in [0.15, 0.2) is 18.2 Å². The third-order valence-electron chi connectivity index (χ3n) is 2.18. The van der Waals surface area contributed by atoms with Gasteiger partial charge < -0.3 is 10.1 Å². The van der Waals surface area contributed by atoms with Gasteiger partial charge in [-0.1, -0.05) is 17.7 Å². The molecular formula is C11H14ClNO2. The number of amides is 1. The first-order valence-electron chi connectivity index (χ1n) is 4.64. The van der Waals surface area contributed by atoms with Crippen LogP contribution in [0.4, 0.5) is 5.69 Å². The van der Waals surface area contributed by atoms with Crippen LogP contribution in [0, 0.1) is 6.92 Å². The van der Waals surface area contributed by atoms with Crippen LogP contribution >= 0.6 is 11.6 Å². The number of halogens is 1. The number of carbonyl (C=O) groups is 1. The van der Waals surface area contributed by atoms with Crippen molar-refractivity contribution in [1.29, 1.82) is 0 Å². The summed E-state index contributed by atoms with van der Waals surface area (Å²) in [4.78, 5) is 11.5. The second-order valence-electron chi connectivity index (χ2n) is 3.33. The highest BCUT2D eigenvalue weighted by Gasteiger charge is 2.12. The van der Waals surface area contributed by atoms with Gasteiger partial charge in [-0.15, -0.1) is 0 Å². The van der Waals surface area contributed by atoms with Crippen LogP contribution in [0.1, 0.15) is 12.5 Å². The molecule has 0 aliphatic heterocycles. The topological polar surface area (TPSA) is 38.3 Å². The molecule has 0 bridgehead atoms. The zero-order valence-electron chi connectivity index (χ0n) is 9.00. The smallest absolute Gasteiger partial charge is 0.253 e. The van der Waals surface area contributed by atoms with Crippen molar-refractivity contribution < 1.29 is 9.53 Å². The standard InChI is InChI=1S/C11H14ClNO2/c1-7-4-5-9(12)6-10(7)13-11(14)8(2)15-3/h4-6,8H,1-3H3,(H,13,14). The number of carbonyl (C=O) groups excluding carboxylic acids is 1. The average molecular weight is 228 g/mol. The van der Waals surface area contributed by atoms with Gasteiger partial charge in [-0.2, -0.15) is 0 Å². The van der Waals surface area contributed by atoms with Gasteiger partial charge in [-0.05, 0) is 31.5 Å². The van der Waals surface area contributed by atoms with Crippen molar-refractivity contribution in [3.8, 4) is 0 Å². The molecule has 0 heterocycles. The van der Waals surface area contributed by atoms with Crippen LogP contribution in [0.2, 0.25) is 5.02 Å². The normalized spacial score (nSPS) is 12.3. The minimum atomic E-state index is -0.469. The molecule has 0 fully saturated rings. The summed E-state index contributed by atoms with van der Waals surface area (Å²) < 4.78 is 4.91. The van der Waals surface area contributed by atoms with E-state index in [0.717, 1.165) is 11.3 Å². The number of hydrogen-bond donors (Lipinski definition) is 1. The molecule has 1 unspecified atom stereocenters. The fourth-order valence-corrected chi connectivity index (χ4v) is 1.24. The van der Waals surface area contributed by atoms with Crippen molar-refractivity contribution in [3.05, 3.63) is 28.8 Å². The van der Waals surface area contributed by atoms with Crippen LogP contribution in [-0.2, 0) is 9.53 Å². The van der Waals surface area contributed by atoms with Crippen LogP contribution in [0.25, 0.3) is 0 Å². The van der Waals surface area contributed by atoms with Gasteiger partial charge in [0.1, 0.15) is 6.10 Å². The highest BCUT2D eigenvalue weighted by molar-refractivity contribution is 6.31. The lowest BCUT2D eigenvalue weighted by Crippen LogP contribution is -2.26. The second kappa shape index (κ2) is 5.14. The first kappa shape index (κ1) is 12.0. The number of ether oxygens (including phenoxy) is 1. The predicted molar refractivity (Wildman–Crippen MR) is 61.3 cm³/mol. The molecule has 0 saturated carbocycles. The number of nitrogens with one attached hydrogen (secondary N) is 1. The van der Waals surface area contributed by atoms with E-state index in [0.29, 0.717) is 5.02 Å². The maximum atomic E-state index is 11.5. The lowest BCUT2D eigenvalue weighted by molar-refractivity contribution is -0.124. The number of rotatable bonds is 3. The number of aryl methyl sites for hydroxylation is 1. The van der Waals surface area contributed by atoms with Gasteiger partial charge in [0.2, 0.25) is 0 Å². The monoisotopic (exact) mass is 227 g/mol. The first-order valence-corrected chi connectivity index (χ1v) is 5.02. The Bertz CT molecular complexity index is 366. The highest BCUT2D eigenvalue weighted by atomic mass is 35.5. The van der Waals surface area contributed by atoms with Crippen LogP contribution in [-0.4, -0.2) is 19.1 Å². The molecule has 82 valence electrons.